The maximum Gasteiger partial charge on any atom is 0.481 e. The van der Waals surface area contributed by atoms with Crippen LogP contribution in [0.25, 0.3) is 11.1 Å². The lowest BCUT2D eigenvalue weighted by molar-refractivity contribution is -0.199. The first-order valence-corrected chi connectivity index (χ1v) is 18.3. The molecule has 5 aliphatic rings. The fraction of sp³-hybridized carbons (Fsp3) is 0.625. The van der Waals surface area contributed by atoms with Gasteiger partial charge < -0.3 is 24.1 Å². The van der Waals surface area contributed by atoms with Gasteiger partial charge in [-0.2, -0.15) is 0 Å². The van der Waals surface area contributed by atoms with Gasteiger partial charge in [0.2, 0.25) is 5.91 Å². The molecule has 1 heterocycles. The molecule has 0 spiro atoms. The van der Waals surface area contributed by atoms with Crippen molar-refractivity contribution >= 4 is 25.0 Å². The Balaban J connectivity index is 1.12. The number of carbonyl (C=O) groups excluding carboxylic acids is 3. The van der Waals surface area contributed by atoms with Crippen molar-refractivity contribution in [2.24, 2.45) is 29.1 Å². The molecule has 9 heteroatoms. The lowest BCUT2D eigenvalue weighted by atomic mass is 9.43. The Morgan fingerprint density at radius 1 is 0.959 bits per heavy atom. The van der Waals surface area contributed by atoms with Crippen molar-refractivity contribution in [1.29, 1.82) is 0 Å². The van der Waals surface area contributed by atoms with Crippen LogP contribution in [0.15, 0.2) is 48.5 Å². The molecular weight excluding hydrogens is 617 g/mol. The molecule has 264 valence electrons. The zero-order chi connectivity index (χ0) is 35.3. The monoisotopic (exact) mass is 671 g/mol. The Labute approximate surface area is 292 Å². The van der Waals surface area contributed by atoms with Crippen LogP contribution in [0.1, 0.15) is 111 Å². The predicted molar refractivity (Wildman–Crippen MR) is 189 cm³/mol. The van der Waals surface area contributed by atoms with Crippen LogP contribution in [0.3, 0.4) is 0 Å². The SMILES string of the molecule is CC(C)C[C@H](NC(=O)[C@H](CCC(=O)OCC1c2ccccc2-c2ccccc21)CC(=O)OC(C)(C)C)B1O[C@@H]2C[C@@H]3C[C@@H](C3(C)C)[C@]2(C)O1. The van der Waals surface area contributed by atoms with Crippen molar-refractivity contribution < 1.29 is 33.2 Å². The summed E-state index contributed by atoms with van der Waals surface area (Å²) in [5, 5.41) is 3.21. The first-order chi connectivity index (χ1) is 23.1. The maximum absolute atomic E-state index is 14.0. The second-order valence-electron chi connectivity index (χ2n) is 17.0. The zero-order valence-electron chi connectivity index (χ0n) is 30.5. The number of amides is 1. The third-order valence-corrected chi connectivity index (χ3v) is 11.6. The minimum Gasteiger partial charge on any atom is -0.465 e. The molecule has 7 rings (SSSR count). The number of hydrogen-bond acceptors (Lipinski definition) is 7. The first kappa shape index (κ1) is 35.7. The number of benzene rings is 2. The molecule has 49 heavy (non-hydrogen) atoms. The Kier molecular flexibility index (Phi) is 9.84. The molecule has 4 fully saturated rings. The van der Waals surface area contributed by atoms with E-state index in [2.05, 4.69) is 64.2 Å². The number of fused-ring (bicyclic) bond motifs is 3. The van der Waals surface area contributed by atoms with Crippen LogP contribution in [0.5, 0.6) is 0 Å². The van der Waals surface area contributed by atoms with Crippen LogP contribution in [-0.4, -0.2) is 54.8 Å². The highest BCUT2D eigenvalue weighted by atomic mass is 16.7. The van der Waals surface area contributed by atoms with Gasteiger partial charge in [-0.3, -0.25) is 14.4 Å². The van der Waals surface area contributed by atoms with Gasteiger partial charge in [-0.1, -0.05) is 76.2 Å². The normalized spacial score (nSPS) is 26.2. The van der Waals surface area contributed by atoms with Crippen molar-refractivity contribution in [1.82, 2.24) is 5.32 Å². The highest BCUT2D eigenvalue weighted by Crippen LogP contribution is 2.65. The Bertz CT molecular complexity index is 1520. The fourth-order valence-corrected chi connectivity index (χ4v) is 9.01. The topological polar surface area (TPSA) is 100 Å². The summed E-state index contributed by atoms with van der Waals surface area (Å²) in [5.41, 5.74) is 3.71. The summed E-state index contributed by atoms with van der Waals surface area (Å²) >= 11 is 0. The van der Waals surface area contributed by atoms with Crippen LogP contribution >= 0.6 is 0 Å². The Morgan fingerprint density at radius 2 is 1.59 bits per heavy atom. The van der Waals surface area contributed by atoms with Gasteiger partial charge in [-0.05, 0) is 98.8 Å². The van der Waals surface area contributed by atoms with E-state index in [1.165, 1.54) is 0 Å². The van der Waals surface area contributed by atoms with Crippen molar-refractivity contribution in [3.8, 4) is 11.1 Å². The molecule has 0 unspecified atom stereocenters. The molecular formula is C40H54BNO7. The number of nitrogens with one attached hydrogen (secondary N) is 1. The third-order valence-electron chi connectivity index (χ3n) is 11.6. The molecule has 0 radical (unpaired) electrons. The Morgan fingerprint density at radius 3 is 2.18 bits per heavy atom. The molecule has 4 aliphatic carbocycles. The lowest BCUT2D eigenvalue weighted by Crippen LogP contribution is -2.65. The summed E-state index contributed by atoms with van der Waals surface area (Å²) in [6.07, 6.45) is 2.76. The number of rotatable bonds is 12. The van der Waals surface area contributed by atoms with E-state index in [-0.39, 0.29) is 55.1 Å². The van der Waals surface area contributed by atoms with Gasteiger partial charge in [0, 0.05) is 18.3 Å². The van der Waals surface area contributed by atoms with Crippen molar-refractivity contribution in [2.45, 2.75) is 123 Å². The largest absolute Gasteiger partial charge is 0.481 e. The molecule has 8 nitrogen and oxygen atoms in total. The number of esters is 2. The van der Waals surface area contributed by atoms with Gasteiger partial charge >= 0.3 is 19.1 Å². The number of ether oxygens (including phenoxy) is 2. The van der Waals surface area contributed by atoms with E-state index in [0.717, 1.165) is 35.1 Å². The first-order valence-electron chi connectivity index (χ1n) is 18.3. The molecule has 1 saturated heterocycles. The van der Waals surface area contributed by atoms with E-state index in [0.29, 0.717) is 18.3 Å². The average molecular weight is 672 g/mol. The highest BCUT2D eigenvalue weighted by molar-refractivity contribution is 6.47. The van der Waals surface area contributed by atoms with Gasteiger partial charge in [0.05, 0.1) is 24.1 Å². The second-order valence-corrected chi connectivity index (χ2v) is 17.0. The van der Waals surface area contributed by atoms with Crippen molar-refractivity contribution in [2.75, 3.05) is 6.61 Å². The van der Waals surface area contributed by atoms with Gasteiger partial charge in [0.15, 0.2) is 0 Å². The van der Waals surface area contributed by atoms with E-state index < -0.39 is 42.1 Å². The van der Waals surface area contributed by atoms with Gasteiger partial charge in [-0.25, -0.2) is 0 Å². The minimum atomic E-state index is -0.781. The van der Waals surface area contributed by atoms with Crippen LogP contribution in [0, 0.1) is 29.1 Å². The smallest absolute Gasteiger partial charge is 0.465 e. The molecule has 3 saturated carbocycles. The van der Waals surface area contributed by atoms with E-state index >= 15 is 0 Å². The minimum absolute atomic E-state index is 0.000466. The van der Waals surface area contributed by atoms with Gasteiger partial charge in [0.25, 0.3) is 0 Å². The van der Waals surface area contributed by atoms with Crippen LogP contribution in [0.4, 0.5) is 0 Å². The summed E-state index contributed by atoms with van der Waals surface area (Å²) in [7, 11) is -0.583. The van der Waals surface area contributed by atoms with Crippen molar-refractivity contribution in [3.63, 3.8) is 0 Å². The van der Waals surface area contributed by atoms with Crippen LogP contribution in [-0.2, 0) is 33.2 Å². The van der Waals surface area contributed by atoms with Gasteiger partial charge in [-0.15, -0.1) is 0 Å². The standard InChI is InChI=1S/C40H54BNO7/c1-24(2)19-34(41-48-33-22-26-21-32(39(26,6)7)40(33,8)49-41)42-37(45)25(20-36(44)47-38(3,4)5)17-18-35(43)46-23-31-29-15-11-9-13-27(29)28-14-10-12-16-30(28)31/h9-16,24-26,31-34H,17-23H2,1-8H3,(H,42,45)/t25-,26+,32+,33-,34+,40+/m1/s1. The van der Waals surface area contributed by atoms with Crippen LogP contribution < -0.4 is 5.32 Å². The third kappa shape index (κ3) is 7.21. The van der Waals surface area contributed by atoms with Crippen LogP contribution in [0.2, 0.25) is 0 Å². The molecule has 2 bridgehead atoms. The van der Waals surface area contributed by atoms with Crippen molar-refractivity contribution in [3.05, 3.63) is 59.7 Å². The second kappa shape index (κ2) is 13.5. The number of carbonyl (C=O) groups is 3. The molecule has 1 aliphatic heterocycles. The van der Waals surface area contributed by atoms with E-state index in [1.807, 2.05) is 24.3 Å². The molecule has 1 amide bonds. The molecule has 1 N–H and O–H groups in total. The van der Waals surface area contributed by atoms with E-state index in [4.69, 9.17) is 18.8 Å². The molecule has 6 atom stereocenters. The summed E-state index contributed by atoms with van der Waals surface area (Å²) in [6.45, 7) is 16.7. The highest BCUT2D eigenvalue weighted by Gasteiger charge is 2.68. The summed E-state index contributed by atoms with van der Waals surface area (Å²) in [4.78, 5) is 40.3. The predicted octanol–water partition coefficient (Wildman–Crippen LogP) is 7.27. The summed E-state index contributed by atoms with van der Waals surface area (Å²) < 4.78 is 24.8. The molecule has 2 aromatic rings. The Hall–Kier alpha value is -3.17. The fourth-order valence-electron chi connectivity index (χ4n) is 9.01. The number of hydrogen-bond donors (Lipinski definition) is 1. The van der Waals surface area contributed by atoms with Gasteiger partial charge in [0.1, 0.15) is 12.2 Å². The quantitative estimate of drug-likeness (QED) is 0.187. The maximum atomic E-state index is 14.0. The van der Waals surface area contributed by atoms with E-state index in [9.17, 15) is 14.4 Å². The molecule has 2 aromatic carbocycles. The van der Waals surface area contributed by atoms with E-state index in [1.54, 1.807) is 20.8 Å². The lowest BCUT2D eigenvalue weighted by Gasteiger charge is -2.64. The average Bonchev–Trinajstić information content (AvgIpc) is 3.55. The summed E-state index contributed by atoms with van der Waals surface area (Å²) in [6, 6.07) is 16.4. The molecule has 0 aromatic heterocycles. The summed E-state index contributed by atoms with van der Waals surface area (Å²) in [5.74, 6) is -1.13. The zero-order valence-corrected chi connectivity index (χ0v) is 30.5.